The van der Waals surface area contributed by atoms with Crippen LogP contribution in [-0.2, 0) is 0 Å². The van der Waals surface area contributed by atoms with E-state index in [9.17, 15) is 9.18 Å². The van der Waals surface area contributed by atoms with E-state index in [0.717, 1.165) is 31.2 Å². The summed E-state index contributed by atoms with van der Waals surface area (Å²) < 4.78 is 13.2. The monoisotopic (exact) mass is 269 g/mol. The van der Waals surface area contributed by atoms with E-state index in [1.54, 1.807) is 13.0 Å². The molecule has 1 aromatic rings. The van der Waals surface area contributed by atoms with E-state index in [1.165, 1.54) is 12.1 Å². The first kappa shape index (κ1) is 13.3. The van der Waals surface area contributed by atoms with Crippen LogP contribution in [0.1, 0.15) is 41.6 Å². The third-order valence-electron chi connectivity index (χ3n) is 3.64. The van der Waals surface area contributed by atoms with Gasteiger partial charge in [-0.25, -0.2) is 4.39 Å². The van der Waals surface area contributed by atoms with Crippen molar-refractivity contribution in [3.63, 3.8) is 0 Å². The van der Waals surface area contributed by atoms with E-state index in [2.05, 4.69) is 5.32 Å². The van der Waals surface area contributed by atoms with Crippen LogP contribution in [0.3, 0.4) is 0 Å². The molecule has 2 nitrogen and oxygen atoms in total. The van der Waals surface area contributed by atoms with Gasteiger partial charge in [0.15, 0.2) is 0 Å². The Kier molecular flexibility index (Phi) is 3.91. The van der Waals surface area contributed by atoms with Crippen molar-refractivity contribution in [2.24, 2.45) is 0 Å². The molecule has 0 atom stereocenters. The lowest BCUT2D eigenvalue weighted by Crippen LogP contribution is -2.48. The van der Waals surface area contributed by atoms with E-state index in [0.29, 0.717) is 11.4 Å². The molecule has 18 heavy (non-hydrogen) atoms. The van der Waals surface area contributed by atoms with Crippen molar-refractivity contribution in [2.45, 2.75) is 38.1 Å². The maximum atomic E-state index is 13.2. The van der Waals surface area contributed by atoms with Gasteiger partial charge in [0.05, 0.1) is 5.54 Å². The SMILES string of the molecule is Cc1ccc(F)cc1C(=O)NC1(CCl)CCCC1. The zero-order valence-corrected chi connectivity index (χ0v) is 11.2. The van der Waals surface area contributed by atoms with Crippen molar-refractivity contribution in [1.29, 1.82) is 0 Å². The Hall–Kier alpha value is -1.09. The first-order chi connectivity index (χ1) is 8.56. The van der Waals surface area contributed by atoms with Crippen molar-refractivity contribution >= 4 is 17.5 Å². The second-order valence-corrected chi connectivity index (χ2v) is 5.30. The minimum Gasteiger partial charge on any atom is -0.345 e. The Labute approximate surface area is 112 Å². The lowest BCUT2D eigenvalue weighted by molar-refractivity contribution is 0.0908. The molecule has 2 rings (SSSR count). The van der Waals surface area contributed by atoms with Gasteiger partial charge >= 0.3 is 0 Å². The predicted molar refractivity (Wildman–Crippen MR) is 70.5 cm³/mol. The summed E-state index contributed by atoms with van der Waals surface area (Å²) in [5.74, 6) is -0.209. The lowest BCUT2D eigenvalue weighted by atomic mass is 9.99. The third-order valence-corrected chi connectivity index (χ3v) is 4.15. The Bertz CT molecular complexity index is 455. The van der Waals surface area contributed by atoms with Crippen LogP contribution in [0.25, 0.3) is 0 Å². The number of hydrogen-bond donors (Lipinski definition) is 1. The molecule has 1 saturated carbocycles. The molecule has 0 radical (unpaired) electrons. The number of alkyl halides is 1. The number of carbonyl (C=O) groups is 1. The molecule has 1 N–H and O–H groups in total. The topological polar surface area (TPSA) is 29.1 Å². The fourth-order valence-electron chi connectivity index (χ4n) is 2.49. The van der Waals surface area contributed by atoms with Gasteiger partial charge in [-0.3, -0.25) is 4.79 Å². The number of halogens is 2. The van der Waals surface area contributed by atoms with Gasteiger partial charge < -0.3 is 5.32 Å². The Balaban J connectivity index is 2.18. The van der Waals surface area contributed by atoms with Gasteiger partial charge in [-0.05, 0) is 37.5 Å². The van der Waals surface area contributed by atoms with E-state index < -0.39 is 5.82 Å². The molecule has 0 aromatic heterocycles. The molecule has 4 heteroatoms. The maximum Gasteiger partial charge on any atom is 0.252 e. The maximum absolute atomic E-state index is 13.2. The van der Waals surface area contributed by atoms with Crippen molar-refractivity contribution < 1.29 is 9.18 Å². The Morgan fingerprint density at radius 2 is 2.11 bits per heavy atom. The number of carbonyl (C=O) groups excluding carboxylic acids is 1. The zero-order valence-electron chi connectivity index (χ0n) is 10.4. The predicted octanol–water partition coefficient (Wildman–Crippen LogP) is 3.42. The quantitative estimate of drug-likeness (QED) is 0.837. The number of hydrogen-bond acceptors (Lipinski definition) is 1. The highest BCUT2D eigenvalue weighted by molar-refractivity contribution is 6.19. The summed E-state index contributed by atoms with van der Waals surface area (Å²) in [7, 11) is 0. The fourth-order valence-corrected chi connectivity index (χ4v) is 2.82. The van der Waals surface area contributed by atoms with Gasteiger partial charge in [-0.15, -0.1) is 11.6 Å². The molecule has 1 aliphatic carbocycles. The summed E-state index contributed by atoms with van der Waals surface area (Å²) in [4.78, 5) is 12.2. The van der Waals surface area contributed by atoms with Crippen molar-refractivity contribution in [3.8, 4) is 0 Å². The number of rotatable bonds is 3. The molecule has 1 amide bonds. The highest BCUT2D eigenvalue weighted by atomic mass is 35.5. The summed E-state index contributed by atoms with van der Waals surface area (Å²) in [6, 6.07) is 4.26. The fraction of sp³-hybridized carbons (Fsp3) is 0.500. The second kappa shape index (κ2) is 5.27. The van der Waals surface area contributed by atoms with Gasteiger partial charge in [0.25, 0.3) is 5.91 Å². The van der Waals surface area contributed by atoms with Crippen LogP contribution < -0.4 is 5.32 Å². The Morgan fingerprint density at radius 1 is 1.44 bits per heavy atom. The lowest BCUT2D eigenvalue weighted by Gasteiger charge is -2.28. The highest BCUT2D eigenvalue weighted by Crippen LogP contribution is 2.31. The summed E-state index contributed by atoms with van der Waals surface area (Å²) in [6.07, 6.45) is 3.96. The van der Waals surface area contributed by atoms with Crippen LogP contribution in [0.4, 0.5) is 4.39 Å². The molecule has 0 saturated heterocycles. The molecule has 0 heterocycles. The molecule has 0 bridgehead atoms. The first-order valence-corrected chi connectivity index (χ1v) is 6.74. The van der Waals surface area contributed by atoms with Gasteiger partial charge in [-0.1, -0.05) is 18.9 Å². The second-order valence-electron chi connectivity index (χ2n) is 5.03. The van der Waals surface area contributed by atoms with Gasteiger partial charge in [-0.2, -0.15) is 0 Å². The number of aryl methyl sites for hydroxylation is 1. The molecular formula is C14H17ClFNO. The number of nitrogens with one attached hydrogen (secondary N) is 1. The smallest absolute Gasteiger partial charge is 0.252 e. The summed E-state index contributed by atoms with van der Waals surface area (Å²) >= 11 is 5.98. The van der Waals surface area contributed by atoms with Crippen LogP contribution in [0.5, 0.6) is 0 Å². The van der Waals surface area contributed by atoms with E-state index in [4.69, 9.17) is 11.6 Å². The van der Waals surface area contributed by atoms with E-state index >= 15 is 0 Å². The average Bonchev–Trinajstić information content (AvgIpc) is 2.81. The molecule has 98 valence electrons. The number of benzene rings is 1. The van der Waals surface area contributed by atoms with Crippen LogP contribution in [0.2, 0.25) is 0 Å². The van der Waals surface area contributed by atoms with E-state index in [1.807, 2.05) is 0 Å². The van der Waals surface area contributed by atoms with Crippen LogP contribution in [-0.4, -0.2) is 17.3 Å². The highest BCUT2D eigenvalue weighted by Gasteiger charge is 2.34. The normalized spacial score (nSPS) is 17.7. The standard InChI is InChI=1S/C14H17ClFNO/c1-10-4-5-11(16)8-12(10)13(18)17-14(9-15)6-2-3-7-14/h4-5,8H,2-3,6-7,9H2,1H3,(H,17,18). The molecule has 0 unspecified atom stereocenters. The molecule has 0 spiro atoms. The van der Waals surface area contributed by atoms with Crippen molar-refractivity contribution in [3.05, 3.63) is 35.1 Å². The van der Waals surface area contributed by atoms with Crippen LogP contribution in [0.15, 0.2) is 18.2 Å². The molecule has 0 aliphatic heterocycles. The van der Waals surface area contributed by atoms with Gasteiger partial charge in [0.1, 0.15) is 5.82 Å². The minimum atomic E-state index is -0.392. The van der Waals surface area contributed by atoms with Crippen molar-refractivity contribution in [2.75, 3.05) is 5.88 Å². The average molecular weight is 270 g/mol. The van der Waals surface area contributed by atoms with Crippen LogP contribution in [0, 0.1) is 12.7 Å². The largest absolute Gasteiger partial charge is 0.345 e. The van der Waals surface area contributed by atoms with E-state index in [-0.39, 0.29) is 11.4 Å². The first-order valence-electron chi connectivity index (χ1n) is 6.21. The molecule has 1 aromatic carbocycles. The van der Waals surface area contributed by atoms with Gasteiger partial charge in [0.2, 0.25) is 0 Å². The summed E-state index contributed by atoms with van der Waals surface area (Å²) in [5.41, 5.74) is 0.861. The zero-order chi connectivity index (χ0) is 13.2. The molecule has 1 fully saturated rings. The summed E-state index contributed by atoms with van der Waals surface area (Å²) in [5, 5.41) is 2.99. The third kappa shape index (κ3) is 2.66. The van der Waals surface area contributed by atoms with Gasteiger partial charge in [0, 0.05) is 11.4 Å². The van der Waals surface area contributed by atoms with Crippen molar-refractivity contribution in [1.82, 2.24) is 5.32 Å². The van der Waals surface area contributed by atoms with Crippen LogP contribution >= 0.6 is 11.6 Å². The molecular weight excluding hydrogens is 253 g/mol. The Morgan fingerprint density at radius 3 is 2.72 bits per heavy atom. The molecule has 1 aliphatic rings. The number of amides is 1. The minimum absolute atomic E-state index is 0.227. The summed E-state index contributed by atoms with van der Waals surface area (Å²) in [6.45, 7) is 1.80.